The Balaban J connectivity index is 3.07. The van der Waals surface area contributed by atoms with Crippen LogP contribution in [0.2, 0.25) is 0 Å². The summed E-state index contributed by atoms with van der Waals surface area (Å²) in [5.74, 6) is 3.27. The van der Waals surface area contributed by atoms with Gasteiger partial charge < -0.3 is 5.11 Å². The molecule has 0 aromatic heterocycles. The molecule has 0 radical (unpaired) electrons. The fraction of sp³-hybridized carbons (Fsp3) is 0.182. The Morgan fingerprint density at radius 1 is 1.33 bits per heavy atom. The van der Waals surface area contributed by atoms with Crippen molar-refractivity contribution in [1.29, 1.82) is 0 Å². The van der Waals surface area contributed by atoms with Crippen molar-refractivity contribution in [1.82, 2.24) is 0 Å². The summed E-state index contributed by atoms with van der Waals surface area (Å²) < 4.78 is 26.2. The molecule has 0 fully saturated rings. The Hall–Kier alpha value is -1.73. The summed E-state index contributed by atoms with van der Waals surface area (Å²) in [5, 5.41) is 8.43. The van der Waals surface area contributed by atoms with Crippen LogP contribution in [0.25, 0.3) is 0 Å². The zero-order chi connectivity index (χ0) is 11.3. The summed E-state index contributed by atoms with van der Waals surface area (Å²) in [6.45, 7) is -0.135. The molecule has 0 aliphatic heterocycles. The van der Waals surface area contributed by atoms with E-state index in [1.165, 1.54) is 0 Å². The molecule has 1 aromatic rings. The number of aliphatic hydroxyl groups is 1. The van der Waals surface area contributed by atoms with Crippen LogP contribution in [0.4, 0.5) is 8.78 Å². The number of halogens is 2. The second-order valence-electron chi connectivity index (χ2n) is 2.75. The summed E-state index contributed by atoms with van der Waals surface area (Å²) in [5.41, 5.74) is -0.452. The molecular weight excluding hydrogens is 202 g/mol. The molecule has 4 heteroatoms. The van der Waals surface area contributed by atoms with E-state index in [0.29, 0.717) is 0 Å². The molecule has 1 N–H and O–H groups in total. The largest absolute Gasteiger partial charge is 0.395 e. The first-order chi connectivity index (χ1) is 7.19. The average Bonchev–Trinajstić information content (AvgIpc) is 2.23. The Morgan fingerprint density at radius 2 is 2.07 bits per heavy atom. The van der Waals surface area contributed by atoms with Crippen LogP contribution in [-0.4, -0.2) is 18.0 Å². The highest BCUT2D eigenvalue weighted by molar-refractivity contribution is 5.75. The van der Waals surface area contributed by atoms with Crippen molar-refractivity contribution in [2.24, 2.45) is 0 Å². The molecule has 15 heavy (non-hydrogen) atoms. The van der Waals surface area contributed by atoms with Gasteiger partial charge in [-0.25, -0.2) is 8.78 Å². The van der Waals surface area contributed by atoms with Crippen LogP contribution < -0.4 is 0 Å². The summed E-state index contributed by atoms with van der Waals surface area (Å²) >= 11 is 0. The predicted octanol–water partition coefficient (Wildman–Crippen LogP) is 1.51. The minimum absolute atomic E-state index is 0.119. The summed E-state index contributed by atoms with van der Waals surface area (Å²) in [4.78, 5) is 10.3. The van der Waals surface area contributed by atoms with Gasteiger partial charge in [-0.2, -0.15) is 0 Å². The van der Waals surface area contributed by atoms with Gasteiger partial charge in [-0.15, -0.1) is 0 Å². The number of carbonyl (C=O) groups is 1. The van der Waals surface area contributed by atoms with Crippen LogP contribution in [0.1, 0.15) is 22.3 Å². The van der Waals surface area contributed by atoms with Gasteiger partial charge in [0, 0.05) is 6.42 Å². The van der Waals surface area contributed by atoms with Crippen LogP contribution in [0.5, 0.6) is 0 Å². The Kier molecular flexibility index (Phi) is 3.95. The van der Waals surface area contributed by atoms with Gasteiger partial charge in [0.15, 0.2) is 6.29 Å². The van der Waals surface area contributed by atoms with Crippen molar-refractivity contribution in [3.63, 3.8) is 0 Å². The van der Waals surface area contributed by atoms with E-state index in [1.54, 1.807) is 0 Å². The maximum Gasteiger partial charge on any atom is 0.153 e. The van der Waals surface area contributed by atoms with Crippen LogP contribution in [-0.2, 0) is 0 Å². The highest BCUT2D eigenvalue weighted by Gasteiger charge is 2.07. The minimum atomic E-state index is -0.806. The lowest BCUT2D eigenvalue weighted by Crippen LogP contribution is -1.93. The average molecular weight is 210 g/mol. The molecular formula is C11H8F2O2. The van der Waals surface area contributed by atoms with Gasteiger partial charge in [0.2, 0.25) is 0 Å². The summed E-state index contributed by atoms with van der Waals surface area (Å²) in [6.07, 6.45) is 0.430. The molecule has 0 unspecified atom stereocenters. The van der Waals surface area contributed by atoms with Crippen LogP contribution in [0.3, 0.4) is 0 Å². The normalized spacial score (nSPS) is 9.27. The smallest absolute Gasteiger partial charge is 0.153 e. The number of benzene rings is 1. The van der Waals surface area contributed by atoms with E-state index in [1.807, 2.05) is 0 Å². The van der Waals surface area contributed by atoms with Crippen molar-refractivity contribution in [3.8, 4) is 11.8 Å². The van der Waals surface area contributed by atoms with Crippen molar-refractivity contribution >= 4 is 6.29 Å². The molecule has 0 bridgehead atoms. The lowest BCUT2D eigenvalue weighted by atomic mass is 10.1. The van der Waals surface area contributed by atoms with Crippen molar-refractivity contribution in [2.75, 3.05) is 6.61 Å². The number of carbonyl (C=O) groups excluding carboxylic acids is 1. The second kappa shape index (κ2) is 5.23. The number of aldehydes is 1. The van der Waals surface area contributed by atoms with Crippen LogP contribution in [0.15, 0.2) is 12.1 Å². The molecule has 0 amide bonds. The van der Waals surface area contributed by atoms with Gasteiger partial charge >= 0.3 is 0 Å². The number of hydrogen-bond acceptors (Lipinski definition) is 2. The molecule has 0 saturated heterocycles. The monoisotopic (exact) mass is 210 g/mol. The highest BCUT2D eigenvalue weighted by atomic mass is 19.1. The first-order valence-electron chi connectivity index (χ1n) is 4.23. The zero-order valence-electron chi connectivity index (χ0n) is 7.76. The maximum atomic E-state index is 13.2. The molecule has 0 heterocycles. The third-order valence-corrected chi connectivity index (χ3v) is 1.67. The molecule has 1 aromatic carbocycles. The SMILES string of the molecule is O=Cc1cc(F)c(C#CCCO)cc1F. The second-order valence-corrected chi connectivity index (χ2v) is 2.75. The van der Waals surface area contributed by atoms with E-state index in [0.717, 1.165) is 12.1 Å². The van der Waals surface area contributed by atoms with Gasteiger partial charge in [0.05, 0.1) is 17.7 Å². The lowest BCUT2D eigenvalue weighted by molar-refractivity contribution is 0.111. The highest BCUT2D eigenvalue weighted by Crippen LogP contribution is 2.12. The quantitative estimate of drug-likeness (QED) is 0.593. The van der Waals surface area contributed by atoms with Crippen LogP contribution in [0, 0.1) is 23.5 Å². The van der Waals surface area contributed by atoms with Crippen LogP contribution >= 0.6 is 0 Å². The Labute approximate surface area is 85.5 Å². The molecule has 1 rings (SSSR count). The number of hydrogen-bond donors (Lipinski definition) is 1. The van der Waals surface area contributed by atoms with E-state index in [9.17, 15) is 13.6 Å². The minimum Gasteiger partial charge on any atom is -0.395 e. The molecule has 2 nitrogen and oxygen atoms in total. The topological polar surface area (TPSA) is 37.3 Å². The third-order valence-electron chi connectivity index (χ3n) is 1.67. The fourth-order valence-electron chi connectivity index (χ4n) is 0.962. The van der Waals surface area contributed by atoms with Gasteiger partial charge in [0.25, 0.3) is 0 Å². The fourth-order valence-corrected chi connectivity index (χ4v) is 0.962. The van der Waals surface area contributed by atoms with E-state index >= 15 is 0 Å². The first kappa shape index (κ1) is 11.3. The van der Waals surface area contributed by atoms with E-state index in [4.69, 9.17) is 5.11 Å². The predicted molar refractivity (Wildman–Crippen MR) is 50.3 cm³/mol. The Morgan fingerprint density at radius 3 is 2.67 bits per heavy atom. The zero-order valence-corrected chi connectivity index (χ0v) is 7.76. The van der Waals surface area contributed by atoms with Gasteiger partial charge in [-0.1, -0.05) is 11.8 Å². The van der Waals surface area contributed by atoms with Gasteiger partial charge in [-0.05, 0) is 12.1 Å². The lowest BCUT2D eigenvalue weighted by Gasteiger charge is -1.97. The van der Waals surface area contributed by atoms with Gasteiger partial charge in [-0.3, -0.25) is 4.79 Å². The van der Waals surface area contributed by atoms with Crippen molar-refractivity contribution in [2.45, 2.75) is 6.42 Å². The van der Waals surface area contributed by atoms with Crippen molar-refractivity contribution in [3.05, 3.63) is 34.9 Å². The molecule has 0 saturated carbocycles. The molecule has 0 aliphatic carbocycles. The summed E-state index contributed by atoms with van der Waals surface area (Å²) in [6, 6.07) is 1.66. The van der Waals surface area contributed by atoms with Gasteiger partial charge in [0.1, 0.15) is 11.6 Å². The molecule has 0 spiro atoms. The number of rotatable bonds is 2. The van der Waals surface area contributed by atoms with Crippen molar-refractivity contribution < 1.29 is 18.7 Å². The molecule has 78 valence electrons. The standard InChI is InChI=1S/C11H8F2O2/c12-10-6-9(7-15)11(13)5-8(10)3-1-2-4-14/h5-7,14H,2,4H2. The van der Waals surface area contributed by atoms with E-state index in [2.05, 4.69) is 11.8 Å². The first-order valence-corrected chi connectivity index (χ1v) is 4.23. The third kappa shape index (κ3) is 2.86. The van der Waals surface area contributed by atoms with E-state index in [-0.39, 0.29) is 30.4 Å². The summed E-state index contributed by atoms with van der Waals surface area (Å²) in [7, 11) is 0. The molecule has 0 atom stereocenters. The number of aliphatic hydroxyl groups excluding tert-OH is 1. The maximum absolute atomic E-state index is 13.2. The Bertz CT molecular complexity index is 430. The molecule has 0 aliphatic rings. The van der Waals surface area contributed by atoms with E-state index < -0.39 is 11.6 Å².